The summed E-state index contributed by atoms with van der Waals surface area (Å²) in [5.74, 6) is -6.23. The van der Waals surface area contributed by atoms with E-state index in [1.165, 1.54) is 0 Å². The van der Waals surface area contributed by atoms with Gasteiger partial charge in [0.05, 0.1) is 25.2 Å². The van der Waals surface area contributed by atoms with Crippen LogP contribution in [-0.4, -0.2) is 66.2 Å². The lowest BCUT2D eigenvalue weighted by atomic mass is 10.0. The molecule has 0 saturated carbocycles. The Hall–Kier alpha value is -2.97. The van der Waals surface area contributed by atoms with Gasteiger partial charge in [-0.2, -0.15) is 9.40 Å². The standard InChI is InChI=1S/C23H30F3N5O5S/c1-14(2)6-20(22(32)27-9-15-10-28-30(3)11-15)29-23(33)21-12-36-5-4-31(21)37(34,35)13-17-18(25)7-16(24)8-19(17)26/h7-8,10-11,14,20-21H,4-6,9,12-13H2,1-3H3,(H,27,32)(H,29,33)/t20-,21-/m0/s1. The number of nitrogens with one attached hydrogen (secondary N) is 2. The molecule has 1 aliphatic rings. The number of nitrogens with zero attached hydrogens (tertiary/aromatic N) is 3. The third-order valence-corrected chi connectivity index (χ3v) is 7.54. The predicted molar refractivity (Wildman–Crippen MR) is 127 cm³/mol. The van der Waals surface area contributed by atoms with Gasteiger partial charge in [0.25, 0.3) is 0 Å². The van der Waals surface area contributed by atoms with Crippen molar-refractivity contribution in [3.05, 3.63) is 53.1 Å². The molecule has 0 unspecified atom stereocenters. The van der Waals surface area contributed by atoms with Crippen LogP contribution in [0.2, 0.25) is 0 Å². The van der Waals surface area contributed by atoms with Crippen LogP contribution in [0, 0.1) is 23.4 Å². The molecule has 2 atom stereocenters. The number of rotatable bonds is 10. The van der Waals surface area contributed by atoms with Crippen molar-refractivity contribution in [3.63, 3.8) is 0 Å². The lowest BCUT2D eigenvalue weighted by molar-refractivity contribution is -0.134. The molecule has 2 amide bonds. The molecule has 10 nitrogen and oxygen atoms in total. The maximum atomic E-state index is 14.1. The fourth-order valence-corrected chi connectivity index (χ4v) is 5.65. The first-order chi connectivity index (χ1) is 17.4. The SMILES string of the molecule is CC(C)C[C@H](NC(=O)[C@@H]1COCCN1S(=O)(=O)Cc1c(F)cc(F)cc1F)C(=O)NCc1cnn(C)c1. The van der Waals surface area contributed by atoms with E-state index < -0.39 is 62.7 Å². The number of morpholine rings is 1. The number of hydrogen-bond donors (Lipinski definition) is 2. The Morgan fingerprint density at radius 3 is 2.49 bits per heavy atom. The summed E-state index contributed by atoms with van der Waals surface area (Å²) in [5, 5.41) is 9.36. The van der Waals surface area contributed by atoms with Crippen molar-refractivity contribution in [2.24, 2.45) is 13.0 Å². The maximum absolute atomic E-state index is 14.1. The van der Waals surface area contributed by atoms with E-state index in [2.05, 4.69) is 15.7 Å². The molecule has 37 heavy (non-hydrogen) atoms. The first-order valence-electron chi connectivity index (χ1n) is 11.6. The van der Waals surface area contributed by atoms with Crippen LogP contribution in [0.3, 0.4) is 0 Å². The van der Waals surface area contributed by atoms with Crippen LogP contribution in [0.25, 0.3) is 0 Å². The topological polar surface area (TPSA) is 123 Å². The first-order valence-corrected chi connectivity index (χ1v) is 13.2. The quantitative estimate of drug-likeness (QED) is 0.463. The minimum absolute atomic E-state index is 0.0151. The number of carbonyl (C=O) groups excluding carboxylic acids is 2. The van der Waals surface area contributed by atoms with Crippen molar-refractivity contribution >= 4 is 21.8 Å². The van der Waals surface area contributed by atoms with E-state index in [9.17, 15) is 31.2 Å². The summed E-state index contributed by atoms with van der Waals surface area (Å²) in [4.78, 5) is 26.0. The molecule has 2 heterocycles. The molecule has 0 aliphatic carbocycles. The van der Waals surface area contributed by atoms with Gasteiger partial charge in [-0.1, -0.05) is 13.8 Å². The number of benzene rings is 1. The molecular weight excluding hydrogens is 515 g/mol. The van der Waals surface area contributed by atoms with E-state index in [0.29, 0.717) is 12.1 Å². The molecule has 0 bridgehead atoms. The molecule has 2 N–H and O–H groups in total. The van der Waals surface area contributed by atoms with Gasteiger partial charge in [0.15, 0.2) is 0 Å². The lowest BCUT2D eigenvalue weighted by Gasteiger charge is -2.34. The molecule has 1 saturated heterocycles. The highest BCUT2D eigenvalue weighted by atomic mass is 32.2. The number of halogens is 3. The highest BCUT2D eigenvalue weighted by molar-refractivity contribution is 7.88. The van der Waals surface area contributed by atoms with E-state index in [1.54, 1.807) is 24.1 Å². The molecule has 1 aliphatic heterocycles. The van der Waals surface area contributed by atoms with Crippen LogP contribution >= 0.6 is 0 Å². The molecule has 1 aromatic heterocycles. The highest BCUT2D eigenvalue weighted by Crippen LogP contribution is 2.22. The zero-order valence-electron chi connectivity index (χ0n) is 20.7. The Labute approximate surface area is 213 Å². The maximum Gasteiger partial charge on any atom is 0.242 e. The Morgan fingerprint density at radius 2 is 1.89 bits per heavy atom. The second-order valence-electron chi connectivity index (χ2n) is 9.24. The molecule has 3 rings (SSSR count). The monoisotopic (exact) mass is 545 g/mol. The van der Waals surface area contributed by atoms with Crippen molar-refractivity contribution < 1.29 is 35.9 Å². The summed E-state index contributed by atoms with van der Waals surface area (Å²) >= 11 is 0. The van der Waals surface area contributed by atoms with Gasteiger partial charge >= 0.3 is 0 Å². The number of ether oxygens (including phenoxy) is 1. The smallest absolute Gasteiger partial charge is 0.242 e. The summed E-state index contributed by atoms with van der Waals surface area (Å²) < 4.78 is 75.4. The van der Waals surface area contributed by atoms with Gasteiger partial charge in [-0.15, -0.1) is 0 Å². The number of aryl methyl sites for hydroxylation is 1. The minimum atomic E-state index is -4.43. The summed E-state index contributed by atoms with van der Waals surface area (Å²) in [7, 11) is -2.70. The largest absolute Gasteiger partial charge is 0.378 e. The molecule has 0 radical (unpaired) electrons. The third kappa shape index (κ3) is 7.52. The number of hydrogen-bond acceptors (Lipinski definition) is 6. The van der Waals surface area contributed by atoms with Crippen molar-refractivity contribution in [3.8, 4) is 0 Å². The predicted octanol–water partition coefficient (Wildman–Crippen LogP) is 1.22. The van der Waals surface area contributed by atoms with Crippen molar-refractivity contribution in [2.75, 3.05) is 19.8 Å². The Bertz CT molecular complexity index is 1210. The van der Waals surface area contributed by atoms with Gasteiger partial charge in [-0.3, -0.25) is 14.3 Å². The Morgan fingerprint density at radius 1 is 1.22 bits per heavy atom. The van der Waals surface area contributed by atoms with Crippen LogP contribution in [0.4, 0.5) is 13.2 Å². The van der Waals surface area contributed by atoms with E-state index >= 15 is 0 Å². The molecule has 2 aromatic rings. The van der Waals surface area contributed by atoms with Crippen LogP contribution in [0.5, 0.6) is 0 Å². The number of carbonyl (C=O) groups is 2. The van der Waals surface area contributed by atoms with Gasteiger partial charge in [0.2, 0.25) is 21.8 Å². The average Bonchev–Trinajstić information content (AvgIpc) is 3.24. The average molecular weight is 546 g/mol. The van der Waals surface area contributed by atoms with Gasteiger partial charge in [0, 0.05) is 49.6 Å². The normalized spacial score (nSPS) is 17.5. The molecule has 204 valence electrons. The van der Waals surface area contributed by atoms with Crippen LogP contribution in [0.1, 0.15) is 31.4 Å². The number of sulfonamides is 1. The number of amides is 2. The molecular formula is C23H30F3N5O5S. The number of aromatic nitrogens is 2. The minimum Gasteiger partial charge on any atom is -0.378 e. The van der Waals surface area contributed by atoms with Gasteiger partial charge in [0.1, 0.15) is 29.5 Å². The van der Waals surface area contributed by atoms with E-state index in [1.807, 2.05) is 13.8 Å². The summed E-state index contributed by atoms with van der Waals surface area (Å²) in [6, 6.07) is -1.57. The molecule has 0 spiro atoms. The summed E-state index contributed by atoms with van der Waals surface area (Å²) in [6.45, 7) is 3.30. The van der Waals surface area contributed by atoms with Gasteiger partial charge < -0.3 is 15.4 Å². The molecule has 1 fully saturated rings. The zero-order valence-corrected chi connectivity index (χ0v) is 21.5. The molecule has 14 heteroatoms. The van der Waals surface area contributed by atoms with Gasteiger partial charge in [-0.25, -0.2) is 21.6 Å². The van der Waals surface area contributed by atoms with Crippen molar-refractivity contribution in [1.82, 2.24) is 24.7 Å². The van der Waals surface area contributed by atoms with Gasteiger partial charge in [-0.05, 0) is 12.3 Å². The van der Waals surface area contributed by atoms with Crippen molar-refractivity contribution in [2.45, 2.75) is 44.6 Å². The van der Waals surface area contributed by atoms with Crippen LogP contribution in [-0.2, 0) is 43.7 Å². The third-order valence-electron chi connectivity index (χ3n) is 5.74. The lowest BCUT2D eigenvalue weighted by Crippen LogP contribution is -2.59. The Kier molecular flexibility index (Phi) is 9.31. The highest BCUT2D eigenvalue weighted by Gasteiger charge is 2.39. The fourth-order valence-electron chi connectivity index (χ4n) is 3.95. The van der Waals surface area contributed by atoms with Crippen LogP contribution in [0.15, 0.2) is 24.5 Å². The van der Waals surface area contributed by atoms with Crippen molar-refractivity contribution in [1.29, 1.82) is 0 Å². The van der Waals surface area contributed by atoms with E-state index in [0.717, 1.165) is 9.87 Å². The second kappa shape index (κ2) is 12.0. The zero-order chi connectivity index (χ0) is 27.3. The molecule has 1 aromatic carbocycles. The first kappa shape index (κ1) is 28.6. The Balaban J connectivity index is 1.75. The fraction of sp³-hybridized carbons (Fsp3) is 0.522. The second-order valence-corrected chi connectivity index (χ2v) is 11.2. The van der Waals surface area contributed by atoms with Crippen LogP contribution < -0.4 is 10.6 Å². The van der Waals surface area contributed by atoms with E-state index in [4.69, 9.17) is 4.74 Å². The summed E-state index contributed by atoms with van der Waals surface area (Å²) in [5.41, 5.74) is -0.0804. The van der Waals surface area contributed by atoms with E-state index in [-0.39, 0.29) is 38.6 Å². The summed E-state index contributed by atoms with van der Waals surface area (Å²) in [6.07, 6.45) is 3.59.